The molecule has 1 saturated carbocycles. The van der Waals surface area contributed by atoms with Crippen molar-refractivity contribution in [1.82, 2.24) is 9.55 Å². The van der Waals surface area contributed by atoms with Gasteiger partial charge in [-0.15, -0.1) is 0 Å². The number of fused-ring (bicyclic) bond motifs is 1. The van der Waals surface area contributed by atoms with Crippen molar-refractivity contribution in [2.75, 3.05) is 7.11 Å². The van der Waals surface area contributed by atoms with Gasteiger partial charge in [-0.05, 0) is 30.9 Å². The Morgan fingerprint density at radius 1 is 1.45 bits per heavy atom. The van der Waals surface area contributed by atoms with E-state index in [1.807, 2.05) is 12.1 Å². The van der Waals surface area contributed by atoms with E-state index >= 15 is 0 Å². The number of hydrogen-bond acceptors (Lipinski definition) is 3. The molecule has 1 aliphatic carbocycles. The Bertz CT molecular complexity index is 615. The number of imidazole rings is 1. The standard InChI is InChI=1S/C16H23N3O/c1-4-10(2)15(17)16-18-13-9-12(20-3)7-8-14(13)19(16)11-5-6-11/h7-11,15H,4-6,17H2,1-3H3. The molecule has 20 heavy (non-hydrogen) atoms. The first kappa shape index (κ1) is 13.4. The smallest absolute Gasteiger partial charge is 0.127 e. The van der Waals surface area contributed by atoms with Crippen LogP contribution < -0.4 is 10.5 Å². The fourth-order valence-electron chi connectivity index (χ4n) is 2.68. The van der Waals surface area contributed by atoms with Gasteiger partial charge in [0.1, 0.15) is 11.6 Å². The molecule has 1 heterocycles. The molecule has 3 rings (SSSR count). The first-order valence-corrected chi connectivity index (χ1v) is 7.47. The Morgan fingerprint density at radius 3 is 2.80 bits per heavy atom. The van der Waals surface area contributed by atoms with E-state index in [0.717, 1.165) is 23.5 Å². The number of rotatable bonds is 5. The van der Waals surface area contributed by atoms with Crippen molar-refractivity contribution in [2.45, 2.75) is 45.2 Å². The van der Waals surface area contributed by atoms with Crippen molar-refractivity contribution < 1.29 is 4.74 Å². The minimum Gasteiger partial charge on any atom is -0.497 e. The van der Waals surface area contributed by atoms with Crippen LogP contribution in [0, 0.1) is 5.92 Å². The predicted molar refractivity (Wildman–Crippen MR) is 80.9 cm³/mol. The van der Waals surface area contributed by atoms with Gasteiger partial charge in [-0.3, -0.25) is 0 Å². The largest absolute Gasteiger partial charge is 0.497 e. The second kappa shape index (κ2) is 5.09. The summed E-state index contributed by atoms with van der Waals surface area (Å²) in [7, 11) is 1.69. The lowest BCUT2D eigenvalue weighted by molar-refractivity contribution is 0.415. The van der Waals surface area contributed by atoms with Crippen LogP contribution in [0.1, 0.15) is 51.0 Å². The summed E-state index contributed by atoms with van der Waals surface area (Å²) in [4.78, 5) is 4.81. The predicted octanol–water partition coefficient (Wildman–Crippen LogP) is 3.43. The van der Waals surface area contributed by atoms with Gasteiger partial charge < -0.3 is 15.0 Å². The average Bonchev–Trinajstić information content (AvgIpc) is 3.25. The van der Waals surface area contributed by atoms with Crippen LogP contribution in [0.3, 0.4) is 0 Å². The van der Waals surface area contributed by atoms with Gasteiger partial charge in [-0.25, -0.2) is 4.98 Å². The molecule has 2 atom stereocenters. The van der Waals surface area contributed by atoms with Crippen LogP contribution in [0.4, 0.5) is 0 Å². The van der Waals surface area contributed by atoms with Crippen LogP contribution in [-0.2, 0) is 0 Å². The van der Waals surface area contributed by atoms with Crippen LogP contribution in [0.5, 0.6) is 5.75 Å². The van der Waals surface area contributed by atoms with E-state index in [4.69, 9.17) is 15.5 Å². The van der Waals surface area contributed by atoms with Crippen LogP contribution >= 0.6 is 0 Å². The van der Waals surface area contributed by atoms with E-state index in [1.54, 1.807) is 7.11 Å². The number of hydrogen-bond donors (Lipinski definition) is 1. The van der Waals surface area contributed by atoms with E-state index in [1.165, 1.54) is 18.4 Å². The highest BCUT2D eigenvalue weighted by atomic mass is 16.5. The Hall–Kier alpha value is -1.55. The highest BCUT2D eigenvalue weighted by Gasteiger charge is 2.31. The number of aromatic nitrogens is 2. The Morgan fingerprint density at radius 2 is 2.20 bits per heavy atom. The summed E-state index contributed by atoms with van der Waals surface area (Å²) in [5.74, 6) is 2.32. The number of benzene rings is 1. The summed E-state index contributed by atoms with van der Waals surface area (Å²) in [5, 5.41) is 0. The summed E-state index contributed by atoms with van der Waals surface area (Å²) >= 11 is 0. The fourth-order valence-corrected chi connectivity index (χ4v) is 2.68. The summed E-state index contributed by atoms with van der Waals surface area (Å²) in [6.07, 6.45) is 3.54. The summed E-state index contributed by atoms with van der Waals surface area (Å²) in [6, 6.07) is 6.69. The molecular formula is C16H23N3O. The van der Waals surface area contributed by atoms with Crippen molar-refractivity contribution >= 4 is 11.0 Å². The van der Waals surface area contributed by atoms with E-state index in [-0.39, 0.29) is 6.04 Å². The van der Waals surface area contributed by atoms with Gasteiger partial charge in [-0.2, -0.15) is 0 Å². The summed E-state index contributed by atoms with van der Waals surface area (Å²) in [5.41, 5.74) is 8.61. The highest BCUT2D eigenvalue weighted by Crippen LogP contribution is 2.41. The zero-order chi connectivity index (χ0) is 14.3. The van der Waals surface area contributed by atoms with Crippen molar-refractivity contribution in [3.05, 3.63) is 24.0 Å². The van der Waals surface area contributed by atoms with E-state index in [2.05, 4.69) is 24.5 Å². The minimum absolute atomic E-state index is 0.000931. The molecule has 1 aromatic heterocycles. The molecule has 2 N–H and O–H groups in total. The molecule has 2 unspecified atom stereocenters. The van der Waals surface area contributed by atoms with Gasteiger partial charge in [0.05, 0.1) is 24.2 Å². The van der Waals surface area contributed by atoms with Gasteiger partial charge >= 0.3 is 0 Å². The lowest BCUT2D eigenvalue weighted by Gasteiger charge is -2.19. The Balaban J connectivity index is 2.12. The normalized spacial score (nSPS) is 18.2. The molecule has 0 radical (unpaired) electrons. The number of nitrogens with two attached hydrogens (primary N) is 1. The Labute approximate surface area is 119 Å². The molecule has 0 saturated heterocycles. The maximum absolute atomic E-state index is 6.44. The molecule has 0 bridgehead atoms. The molecular weight excluding hydrogens is 250 g/mol. The number of methoxy groups -OCH3 is 1. The SMILES string of the molecule is CCC(C)C(N)c1nc2cc(OC)ccc2n1C1CC1. The maximum atomic E-state index is 6.44. The van der Waals surface area contributed by atoms with E-state index < -0.39 is 0 Å². The summed E-state index contributed by atoms with van der Waals surface area (Å²) < 4.78 is 7.65. The average molecular weight is 273 g/mol. The van der Waals surface area contributed by atoms with Crippen molar-refractivity contribution in [1.29, 1.82) is 0 Å². The molecule has 2 aromatic rings. The number of nitrogens with zero attached hydrogens (tertiary/aromatic N) is 2. The Kier molecular flexibility index (Phi) is 3.42. The van der Waals surface area contributed by atoms with Gasteiger partial charge in [-0.1, -0.05) is 20.3 Å². The van der Waals surface area contributed by atoms with Crippen molar-refractivity contribution in [2.24, 2.45) is 11.7 Å². The molecule has 1 fully saturated rings. The second-order valence-corrected chi connectivity index (χ2v) is 5.84. The lowest BCUT2D eigenvalue weighted by atomic mass is 9.99. The zero-order valence-corrected chi connectivity index (χ0v) is 12.5. The van der Waals surface area contributed by atoms with Crippen LogP contribution in [0.15, 0.2) is 18.2 Å². The summed E-state index contributed by atoms with van der Waals surface area (Å²) in [6.45, 7) is 4.37. The highest BCUT2D eigenvalue weighted by molar-refractivity contribution is 5.78. The molecule has 108 valence electrons. The quantitative estimate of drug-likeness (QED) is 0.908. The van der Waals surface area contributed by atoms with Gasteiger partial charge in [0.2, 0.25) is 0 Å². The second-order valence-electron chi connectivity index (χ2n) is 5.84. The molecule has 0 spiro atoms. The minimum atomic E-state index is -0.000931. The van der Waals surface area contributed by atoms with Gasteiger partial charge in [0, 0.05) is 12.1 Å². The molecule has 0 amide bonds. The molecule has 1 aromatic carbocycles. The fraction of sp³-hybridized carbons (Fsp3) is 0.562. The molecule has 4 nitrogen and oxygen atoms in total. The van der Waals surface area contributed by atoms with Crippen molar-refractivity contribution in [3.8, 4) is 5.75 Å². The van der Waals surface area contributed by atoms with Gasteiger partial charge in [0.25, 0.3) is 0 Å². The van der Waals surface area contributed by atoms with Crippen LogP contribution in [-0.4, -0.2) is 16.7 Å². The van der Waals surface area contributed by atoms with Crippen LogP contribution in [0.25, 0.3) is 11.0 Å². The van der Waals surface area contributed by atoms with E-state index in [9.17, 15) is 0 Å². The maximum Gasteiger partial charge on any atom is 0.127 e. The van der Waals surface area contributed by atoms with Crippen LogP contribution in [0.2, 0.25) is 0 Å². The third kappa shape index (κ3) is 2.18. The topological polar surface area (TPSA) is 53.1 Å². The lowest BCUT2D eigenvalue weighted by Crippen LogP contribution is -2.22. The number of ether oxygens (including phenoxy) is 1. The first-order valence-electron chi connectivity index (χ1n) is 7.47. The molecule has 1 aliphatic rings. The molecule has 4 heteroatoms. The zero-order valence-electron chi connectivity index (χ0n) is 12.5. The first-order chi connectivity index (χ1) is 9.65. The third-order valence-corrected chi connectivity index (χ3v) is 4.39. The van der Waals surface area contributed by atoms with Gasteiger partial charge in [0.15, 0.2) is 0 Å². The van der Waals surface area contributed by atoms with Crippen molar-refractivity contribution in [3.63, 3.8) is 0 Å². The monoisotopic (exact) mass is 273 g/mol. The van der Waals surface area contributed by atoms with E-state index in [0.29, 0.717) is 12.0 Å². The molecule has 0 aliphatic heterocycles. The third-order valence-electron chi connectivity index (χ3n) is 4.39.